The van der Waals surface area contributed by atoms with Crippen molar-refractivity contribution in [3.63, 3.8) is 0 Å². The van der Waals surface area contributed by atoms with Gasteiger partial charge < -0.3 is 9.84 Å². The number of carbonyl (C=O) groups is 1. The fraction of sp³-hybridized carbons (Fsp3) is 0.278. The van der Waals surface area contributed by atoms with E-state index in [1.807, 2.05) is 6.07 Å². The summed E-state index contributed by atoms with van der Waals surface area (Å²) in [4.78, 5) is 12.9. The van der Waals surface area contributed by atoms with E-state index in [9.17, 15) is 14.1 Å². The molecule has 4 nitrogen and oxygen atoms in total. The van der Waals surface area contributed by atoms with Gasteiger partial charge in [-0.1, -0.05) is 48.0 Å². The van der Waals surface area contributed by atoms with Crippen molar-refractivity contribution in [3.05, 3.63) is 65.2 Å². The van der Waals surface area contributed by atoms with E-state index in [1.165, 1.54) is 0 Å². The number of hydrogen-bond acceptors (Lipinski definition) is 4. The van der Waals surface area contributed by atoms with Gasteiger partial charge in [-0.2, -0.15) is 0 Å². The first-order chi connectivity index (χ1) is 11.5. The molecule has 0 saturated heterocycles. The number of ether oxygens (including phenoxy) is 1. The molecule has 3 atom stereocenters. The summed E-state index contributed by atoms with van der Waals surface area (Å²) in [6, 6.07) is 15.6. The Bertz CT molecular complexity index is 705. The molecule has 24 heavy (non-hydrogen) atoms. The Balaban J connectivity index is 2.26. The molecule has 2 rings (SSSR count). The first kappa shape index (κ1) is 18.6. The summed E-state index contributed by atoms with van der Waals surface area (Å²) in [6.45, 7) is 1.87. The molecule has 128 valence electrons. The van der Waals surface area contributed by atoms with Gasteiger partial charge in [-0.25, -0.2) is 0 Å². The van der Waals surface area contributed by atoms with Crippen LogP contribution < -0.4 is 0 Å². The number of aliphatic hydroxyl groups is 1. The van der Waals surface area contributed by atoms with Crippen LogP contribution in [0.1, 0.15) is 18.6 Å². The Morgan fingerprint density at radius 2 is 1.79 bits per heavy atom. The number of hydrogen-bond donors (Lipinski definition) is 1. The van der Waals surface area contributed by atoms with Gasteiger partial charge in [0.15, 0.2) is 0 Å². The molecule has 1 N–H and O–H groups in total. The Morgan fingerprint density at radius 1 is 1.17 bits per heavy atom. The molecular formula is C18H19ClO4S. The summed E-state index contributed by atoms with van der Waals surface area (Å²) in [5, 5.41) is 11.0. The van der Waals surface area contributed by atoms with Crippen molar-refractivity contribution in [2.24, 2.45) is 5.92 Å². The van der Waals surface area contributed by atoms with Crippen LogP contribution in [-0.4, -0.2) is 27.6 Å². The molecule has 0 radical (unpaired) electrons. The van der Waals surface area contributed by atoms with Crippen LogP contribution in [0.3, 0.4) is 0 Å². The molecule has 0 aromatic heterocycles. The average Bonchev–Trinajstić information content (AvgIpc) is 2.60. The smallest absolute Gasteiger partial charge is 0.312 e. The van der Waals surface area contributed by atoms with Gasteiger partial charge in [-0.15, -0.1) is 0 Å². The van der Waals surface area contributed by atoms with Crippen molar-refractivity contribution in [3.8, 4) is 0 Å². The second kappa shape index (κ2) is 8.97. The van der Waals surface area contributed by atoms with E-state index in [-0.39, 0.29) is 12.4 Å². The number of aliphatic hydroxyl groups excluding tert-OH is 1. The highest BCUT2D eigenvalue weighted by molar-refractivity contribution is 7.85. The lowest BCUT2D eigenvalue weighted by molar-refractivity contribution is -0.151. The predicted octanol–water partition coefficient (Wildman–Crippen LogP) is 3.36. The molecule has 1 unspecified atom stereocenters. The zero-order chi connectivity index (χ0) is 17.5. The van der Waals surface area contributed by atoms with Gasteiger partial charge in [-0.05, 0) is 30.7 Å². The zero-order valence-electron chi connectivity index (χ0n) is 13.2. The molecule has 0 aliphatic heterocycles. The van der Waals surface area contributed by atoms with E-state index in [0.29, 0.717) is 15.5 Å². The number of esters is 1. The lowest BCUT2D eigenvalue weighted by atomic mass is 9.97. The first-order valence-corrected chi connectivity index (χ1v) is 9.26. The zero-order valence-corrected chi connectivity index (χ0v) is 14.8. The van der Waals surface area contributed by atoms with E-state index in [0.717, 1.165) is 0 Å². The normalized spacial score (nSPS) is 14.6. The van der Waals surface area contributed by atoms with Crippen LogP contribution in [0.25, 0.3) is 0 Å². The van der Waals surface area contributed by atoms with E-state index in [4.69, 9.17) is 16.3 Å². The van der Waals surface area contributed by atoms with Crippen LogP contribution in [0.4, 0.5) is 0 Å². The standard InChI is InChI=1S/C18H19ClO4S/c1-2-23-18(21)15(12-24(22)13-8-4-3-5-9-13)17(20)14-10-6-7-11-16(14)19/h3-11,15,17,20H,2,12H2,1H3/t15-,17+,24?/m0/s1. The summed E-state index contributed by atoms with van der Waals surface area (Å²) >= 11 is 6.11. The lowest BCUT2D eigenvalue weighted by Gasteiger charge is -2.22. The van der Waals surface area contributed by atoms with Crippen molar-refractivity contribution < 1.29 is 18.8 Å². The molecule has 2 aromatic rings. The Kier molecular flexibility index (Phi) is 6.97. The number of carbonyl (C=O) groups excluding carboxylic acids is 1. The maximum Gasteiger partial charge on any atom is 0.312 e. The SMILES string of the molecule is CCOC(=O)[C@@H](CS(=O)c1ccccc1)[C@H](O)c1ccccc1Cl. The average molecular weight is 367 g/mol. The highest BCUT2D eigenvalue weighted by Gasteiger charge is 2.32. The fourth-order valence-corrected chi connectivity index (χ4v) is 3.85. The van der Waals surface area contributed by atoms with Crippen LogP contribution in [-0.2, 0) is 20.3 Å². The molecule has 0 saturated carbocycles. The molecule has 0 amide bonds. The van der Waals surface area contributed by atoms with Gasteiger partial charge in [0.05, 0.1) is 29.4 Å². The maximum absolute atomic E-state index is 12.5. The minimum Gasteiger partial charge on any atom is -0.466 e. The lowest BCUT2D eigenvalue weighted by Crippen LogP contribution is -2.29. The van der Waals surface area contributed by atoms with Gasteiger partial charge in [0.1, 0.15) is 0 Å². The van der Waals surface area contributed by atoms with Crippen LogP contribution >= 0.6 is 11.6 Å². The molecule has 0 bridgehead atoms. The number of rotatable bonds is 7. The monoisotopic (exact) mass is 366 g/mol. The van der Waals surface area contributed by atoms with Gasteiger partial charge in [0, 0.05) is 15.7 Å². The molecule has 0 heterocycles. The summed E-state index contributed by atoms with van der Waals surface area (Å²) in [5.41, 5.74) is 0.419. The minimum atomic E-state index is -1.44. The molecule has 6 heteroatoms. The molecule has 0 spiro atoms. The maximum atomic E-state index is 12.5. The summed E-state index contributed by atoms with van der Waals surface area (Å²) in [5.74, 6) is -1.60. The van der Waals surface area contributed by atoms with Gasteiger partial charge >= 0.3 is 5.97 Å². The molecule has 0 fully saturated rings. The summed E-state index contributed by atoms with van der Waals surface area (Å²) in [6.07, 6.45) is -1.19. The number of halogens is 1. The Morgan fingerprint density at radius 3 is 2.42 bits per heavy atom. The van der Waals surface area contributed by atoms with E-state index in [2.05, 4.69) is 0 Å². The second-order valence-electron chi connectivity index (χ2n) is 5.15. The van der Waals surface area contributed by atoms with Crippen LogP contribution in [0.15, 0.2) is 59.5 Å². The topological polar surface area (TPSA) is 63.6 Å². The van der Waals surface area contributed by atoms with Crippen molar-refractivity contribution in [1.29, 1.82) is 0 Å². The predicted molar refractivity (Wildman–Crippen MR) is 94.3 cm³/mol. The van der Waals surface area contributed by atoms with Crippen molar-refractivity contribution in [2.45, 2.75) is 17.9 Å². The minimum absolute atomic E-state index is 0.0464. The van der Waals surface area contributed by atoms with Crippen LogP contribution in [0, 0.1) is 5.92 Å². The van der Waals surface area contributed by atoms with E-state index in [1.54, 1.807) is 55.5 Å². The van der Waals surface area contributed by atoms with Crippen molar-refractivity contribution in [1.82, 2.24) is 0 Å². The third-order valence-electron chi connectivity index (χ3n) is 3.53. The fourth-order valence-electron chi connectivity index (χ4n) is 2.30. The van der Waals surface area contributed by atoms with Gasteiger partial charge in [0.2, 0.25) is 0 Å². The molecular weight excluding hydrogens is 348 g/mol. The summed E-state index contributed by atoms with van der Waals surface area (Å²) < 4.78 is 17.6. The Labute approximate surface area is 148 Å². The van der Waals surface area contributed by atoms with Crippen molar-refractivity contribution in [2.75, 3.05) is 12.4 Å². The second-order valence-corrected chi connectivity index (χ2v) is 7.05. The first-order valence-electron chi connectivity index (χ1n) is 7.57. The molecule has 0 aliphatic carbocycles. The largest absolute Gasteiger partial charge is 0.466 e. The highest BCUT2D eigenvalue weighted by Crippen LogP contribution is 2.30. The van der Waals surface area contributed by atoms with Crippen LogP contribution in [0.5, 0.6) is 0 Å². The third kappa shape index (κ3) is 4.66. The third-order valence-corrected chi connectivity index (χ3v) is 5.34. The van der Waals surface area contributed by atoms with Gasteiger partial charge in [0.25, 0.3) is 0 Å². The van der Waals surface area contributed by atoms with E-state index < -0.39 is 28.8 Å². The quantitative estimate of drug-likeness (QED) is 0.763. The Hall–Kier alpha value is -1.69. The van der Waals surface area contributed by atoms with Gasteiger partial charge in [-0.3, -0.25) is 9.00 Å². The highest BCUT2D eigenvalue weighted by atomic mass is 35.5. The van der Waals surface area contributed by atoms with E-state index >= 15 is 0 Å². The number of benzene rings is 2. The van der Waals surface area contributed by atoms with Crippen LogP contribution in [0.2, 0.25) is 5.02 Å². The molecule has 2 aromatic carbocycles. The molecule has 0 aliphatic rings. The summed E-state index contributed by atoms with van der Waals surface area (Å²) in [7, 11) is -1.44. The van der Waals surface area contributed by atoms with Crippen molar-refractivity contribution >= 4 is 28.4 Å².